The SMILES string of the molecule is CCOCc1cc(CN2CCc3nc([C@@H]4CCCN4)ncc3C2)ccc1OC. The van der Waals surface area contributed by atoms with Gasteiger partial charge in [-0.15, -0.1) is 0 Å². The topological polar surface area (TPSA) is 59.5 Å². The van der Waals surface area contributed by atoms with E-state index in [1.165, 1.54) is 23.2 Å². The molecule has 0 unspecified atom stereocenters. The van der Waals surface area contributed by atoms with Crippen LogP contribution < -0.4 is 10.1 Å². The number of benzene rings is 1. The first-order valence-corrected chi connectivity index (χ1v) is 10.3. The molecule has 0 amide bonds. The molecule has 6 heteroatoms. The number of nitrogens with zero attached hydrogens (tertiary/aromatic N) is 3. The Bertz CT molecular complexity index is 805. The van der Waals surface area contributed by atoms with Crippen molar-refractivity contribution >= 4 is 0 Å². The van der Waals surface area contributed by atoms with E-state index in [1.54, 1.807) is 7.11 Å². The molecule has 0 saturated carbocycles. The van der Waals surface area contributed by atoms with Gasteiger partial charge in [0.15, 0.2) is 0 Å². The minimum Gasteiger partial charge on any atom is -0.496 e. The summed E-state index contributed by atoms with van der Waals surface area (Å²) in [5.41, 5.74) is 4.88. The van der Waals surface area contributed by atoms with Crippen LogP contribution in [0.5, 0.6) is 5.75 Å². The summed E-state index contributed by atoms with van der Waals surface area (Å²) in [6, 6.07) is 6.74. The normalized spacial score (nSPS) is 19.6. The number of nitrogens with one attached hydrogen (secondary N) is 1. The number of hydrogen-bond donors (Lipinski definition) is 1. The van der Waals surface area contributed by atoms with Gasteiger partial charge in [-0.25, -0.2) is 9.97 Å². The molecule has 3 heterocycles. The first kappa shape index (κ1) is 19.3. The van der Waals surface area contributed by atoms with Crippen molar-refractivity contribution < 1.29 is 9.47 Å². The highest BCUT2D eigenvalue weighted by Crippen LogP contribution is 2.25. The molecule has 0 aliphatic carbocycles. The molecular formula is C22H30N4O2. The lowest BCUT2D eigenvalue weighted by Crippen LogP contribution is -2.31. The molecule has 1 aromatic carbocycles. The van der Waals surface area contributed by atoms with Crippen LogP contribution in [0.2, 0.25) is 0 Å². The summed E-state index contributed by atoms with van der Waals surface area (Å²) in [6.07, 6.45) is 5.39. The molecule has 2 aliphatic heterocycles. The standard InChI is InChI=1S/C22H30N4O2/c1-3-28-15-17-11-16(6-7-21(17)27-2)13-26-10-8-19-18(14-26)12-24-22(25-19)20-5-4-9-23-20/h6-7,11-12,20,23H,3-5,8-10,13-15H2,1-2H3/t20-/m0/s1. The zero-order chi connectivity index (χ0) is 19.3. The van der Waals surface area contributed by atoms with Crippen molar-refractivity contribution in [1.82, 2.24) is 20.2 Å². The Balaban J connectivity index is 1.43. The Hall–Kier alpha value is -2.02. The number of methoxy groups -OCH3 is 1. The van der Waals surface area contributed by atoms with Crippen molar-refractivity contribution in [2.45, 2.75) is 51.9 Å². The zero-order valence-electron chi connectivity index (χ0n) is 16.9. The highest BCUT2D eigenvalue weighted by molar-refractivity contribution is 5.37. The monoisotopic (exact) mass is 382 g/mol. The van der Waals surface area contributed by atoms with Gasteiger partial charge in [0, 0.05) is 55.7 Å². The average Bonchev–Trinajstić information content (AvgIpc) is 3.27. The fourth-order valence-corrected chi connectivity index (χ4v) is 4.11. The number of rotatable bonds is 7. The van der Waals surface area contributed by atoms with Crippen LogP contribution >= 0.6 is 0 Å². The highest BCUT2D eigenvalue weighted by atomic mass is 16.5. The molecule has 1 N–H and O–H groups in total. The zero-order valence-corrected chi connectivity index (χ0v) is 16.9. The maximum absolute atomic E-state index is 5.59. The Morgan fingerprint density at radius 1 is 1.32 bits per heavy atom. The molecule has 6 nitrogen and oxygen atoms in total. The Labute approximate surface area is 167 Å². The molecule has 2 aliphatic rings. The van der Waals surface area contributed by atoms with Gasteiger partial charge in [-0.2, -0.15) is 0 Å². The summed E-state index contributed by atoms with van der Waals surface area (Å²) in [7, 11) is 1.71. The van der Waals surface area contributed by atoms with Crippen LogP contribution in [-0.4, -0.2) is 41.7 Å². The van der Waals surface area contributed by atoms with Crippen molar-refractivity contribution in [2.75, 3.05) is 26.8 Å². The van der Waals surface area contributed by atoms with Crippen molar-refractivity contribution in [1.29, 1.82) is 0 Å². The second kappa shape index (κ2) is 8.99. The van der Waals surface area contributed by atoms with Crippen LogP contribution in [-0.2, 0) is 30.9 Å². The molecule has 0 spiro atoms. The molecule has 4 rings (SSSR count). The fourth-order valence-electron chi connectivity index (χ4n) is 4.11. The van der Waals surface area contributed by atoms with Crippen LogP contribution in [0.3, 0.4) is 0 Å². The first-order valence-electron chi connectivity index (χ1n) is 10.3. The van der Waals surface area contributed by atoms with Gasteiger partial charge in [0.25, 0.3) is 0 Å². The van der Waals surface area contributed by atoms with Crippen molar-refractivity contribution in [3.05, 3.63) is 52.6 Å². The van der Waals surface area contributed by atoms with E-state index in [4.69, 9.17) is 14.5 Å². The van der Waals surface area contributed by atoms with E-state index in [1.807, 2.05) is 19.2 Å². The molecule has 0 bridgehead atoms. The van der Waals surface area contributed by atoms with E-state index >= 15 is 0 Å². The molecule has 150 valence electrons. The van der Waals surface area contributed by atoms with E-state index < -0.39 is 0 Å². The first-order chi connectivity index (χ1) is 13.8. The third-order valence-electron chi connectivity index (χ3n) is 5.62. The van der Waals surface area contributed by atoms with Crippen molar-refractivity contribution in [3.8, 4) is 5.75 Å². The number of hydrogen-bond acceptors (Lipinski definition) is 6. The van der Waals surface area contributed by atoms with E-state index in [0.29, 0.717) is 19.3 Å². The van der Waals surface area contributed by atoms with Crippen molar-refractivity contribution in [2.24, 2.45) is 0 Å². The van der Waals surface area contributed by atoms with Gasteiger partial charge in [0.2, 0.25) is 0 Å². The molecule has 1 saturated heterocycles. The minimum atomic E-state index is 0.339. The maximum atomic E-state index is 5.59. The Morgan fingerprint density at radius 3 is 3.04 bits per heavy atom. The smallest absolute Gasteiger partial charge is 0.145 e. The van der Waals surface area contributed by atoms with E-state index in [2.05, 4.69) is 27.3 Å². The average molecular weight is 383 g/mol. The van der Waals surface area contributed by atoms with Crippen LogP contribution in [0.4, 0.5) is 0 Å². The summed E-state index contributed by atoms with van der Waals surface area (Å²) in [4.78, 5) is 12.0. The van der Waals surface area contributed by atoms with Gasteiger partial charge in [0.05, 0.1) is 19.8 Å². The van der Waals surface area contributed by atoms with Crippen LogP contribution in [0.15, 0.2) is 24.4 Å². The third-order valence-corrected chi connectivity index (χ3v) is 5.62. The summed E-state index contributed by atoms with van der Waals surface area (Å²) >= 11 is 0. The van der Waals surface area contributed by atoms with Crippen LogP contribution in [0.1, 0.15) is 54.0 Å². The summed E-state index contributed by atoms with van der Waals surface area (Å²) in [5.74, 6) is 1.86. The maximum Gasteiger partial charge on any atom is 0.145 e. The lowest BCUT2D eigenvalue weighted by atomic mass is 10.0. The van der Waals surface area contributed by atoms with Gasteiger partial charge in [-0.05, 0) is 44.0 Å². The Morgan fingerprint density at radius 2 is 2.25 bits per heavy atom. The molecule has 1 aromatic heterocycles. The predicted octanol–water partition coefficient (Wildman–Crippen LogP) is 3.00. The third kappa shape index (κ3) is 4.35. The van der Waals surface area contributed by atoms with Gasteiger partial charge in [0.1, 0.15) is 11.6 Å². The minimum absolute atomic E-state index is 0.339. The van der Waals surface area contributed by atoms with Gasteiger partial charge in [-0.1, -0.05) is 6.07 Å². The van der Waals surface area contributed by atoms with Gasteiger partial charge < -0.3 is 14.8 Å². The Kier molecular flexibility index (Phi) is 6.20. The largest absolute Gasteiger partial charge is 0.496 e. The van der Waals surface area contributed by atoms with Crippen LogP contribution in [0.25, 0.3) is 0 Å². The number of aromatic nitrogens is 2. The quantitative estimate of drug-likeness (QED) is 0.794. The lowest BCUT2D eigenvalue weighted by molar-refractivity contribution is 0.132. The molecule has 1 fully saturated rings. The van der Waals surface area contributed by atoms with E-state index in [-0.39, 0.29) is 0 Å². The summed E-state index contributed by atoms with van der Waals surface area (Å²) in [5, 5.41) is 3.49. The van der Waals surface area contributed by atoms with E-state index in [0.717, 1.165) is 56.2 Å². The lowest BCUT2D eigenvalue weighted by Gasteiger charge is -2.28. The van der Waals surface area contributed by atoms with Gasteiger partial charge >= 0.3 is 0 Å². The molecular weight excluding hydrogens is 352 g/mol. The summed E-state index contributed by atoms with van der Waals surface area (Å²) < 4.78 is 11.1. The van der Waals surface area contributed by atoms with Crippen LogP contribution in [0, 0.1) is 0 Å². The predicted molar refractivity (Wildman–Crippen MR) is 108 cm³/mol. The second-order valence-corrected chi connectivity index (χ2v) is 7.59. The highest BCUT2D eigenvalue weighted by Gasteiger charge is 2.23. The molecule has 2 aromatic rings. The molecule has 0 radical (unpaired) electrons. The fraction of sp³-hybridized carbons (Fsp3) is 0.545. The summed E-state index contributed by atoms with van der Waals surface area (Å²) in [6.45, 7) is 7.21. The van der Waals surface area contributed by atoms with Crippen molar-refractivity contribution in [3.63, 3.8) is 0 Å². The molecule has 28 heavy (non-hydrogen) atoms. The second-order valence-electron chi connectivity index (χ2n) is 7.59. The number of fused-ring (bicyclic) bond motifs is 1. The molecule has 1 atom stereocenters. The number of ether oxygens (including phenoxy) is 2. The van der Waals surface area contributed by atoms with E-state index in [9.17, 15) is 0 Å². The van der Waals surface area contributed by atoms with Gasteiger partial charge in [-0.3, -0.25) is 4.90 Å².